The lowest BCUT2D eigenvalue weighted by Gasteiger charge is -2.26. The van der Waals surface area contributed by atoms with Gasteiger partial charge in [-0.2, -0.15) is 0 Å². The molecule has 1 aromatic heterocycles. The van der Waals surface area contributed by atoms with Gasteiger partial charge in [-0.05, 0) is 17.7 Å². The van der Waals surface area contributed by atoms with Crippen LogP contribution < -0.4 is 4.74 Å². The first-order valence-electron chi connectivity index (χ1n) is 6.77. The first-order valence-corrected chi connectivity index (χ1v) is 6.77. The fourth-order valence-corrected chi connectivity index (χ4v) is 2.53. The lowest BCUT2D eigenvalue weighted by molar-refractivity contribution is -0.134. The lowest BCUT2D eigenvalue weighted by Crippen LogP contribution is -2.41. The standard InChI is InChI=1S/C15H18N2O3/c1-19-12-2-3-13-11(10-16-14(13)9-12)8-15(18)17-4-6-20-7-5-17/h2-3,9-10,16H,4-8H2,1H3. The van der Waals surface area contributed by atoms with E-state index in [4.69, 9.17) is 9.47 Å². The normalized spacial score (nSPS) is 15.6. The number of rotatable bonds is 3. The van der Waals surface area contributed by atoms with E-state index in [-0.39, 0.29) is 5.91 Å². The zero-order valence-corrected chi connectivity index (χ0v) is 11.5. The number of aromatic amines is 1. The van der Waals surface area contributed by atoms with Crippen LogP contribution in [0.25, 0.3) is 10.9 Å². The number of carbonyl (C=O) groups is 1. The van der Waals surface area contributed by atoms with Crippen molar-refractivity contribution in [3.05, 3.63) is 30.0 Å². The van der Waals surface area contributed by atoms with E-state index in [2.05, 4.69) is 4.98 Å². The third-order valence-corrected chi connectivity index (χ3v) is 3.68. The molecule has 2 heterocycles. The summed E-state index contributed by atoms with van der Waals surface area (Å²) in [5.74, 6) is 0.968. The number of carbonyl (C=O) groups excluding carboxylic acids is 1. The molecule has 5 heteroatoms. The number of ether oxygens (including phenoxy) is 2. The minimum Gasteiger partial charge on any atom is -0.497 e. The maximum atomic E-state index is 12.3. The number of H-pyrrole nitrogens is 1. The van der Waals surface area contributed by atoms with Gasteiger partial charge in [0, 0.05) is 36.3 Å². The number of benzene rings is 1. The van der Waals surface area contributed by atoms with E-state index in [1.165, 1.54) is 0 Å². The van der Waals surface area contributed by atoms with Gasteiger partial charge >= 0.3 is 0 Å². The molecule has 3 rings (SSSR count). The predicted octanol–water partition coefficient (Wildman–Crippen LogP) is 1.58. The highest BCUT2D eigenvalue weighted by molar-refractivity contribution is 5.89. The van der Waals surface area contributed by atoms with Crippen molar-refractivity contribution in [2.75, 3.05) is 33.4 Å². The Balaban J connectivity index is 1.78. The molecule has 0 bridgehead atoms. The Kier molecular flexibility index (Phi) is 3.60. The highest BCUT2D eigenvalue weighted by Crippen LogP contribution is 2.23. The minimum absolute atomic E-state index is 0.157. The van der Waals surface area contributed by atoms with Crippen molar-refractivity contribution in [2.24, 2.45) is 0 Å². The Labute approximate surface area is 117 Å². The zero-order valence-electron chi connectivity index (χ0n) is 11.5. The molecule has 0 aliphatic carbocycles. The summed E-state index contributed by atoms with van der Waals surface area (Å²) in [7, 11) is 1.65. The van der Waals surface area contributed by atoms with Crippen LogP contribution in [-0.4, -0.2) is 49.2 Å². The number of hydrogen-bond donors (Lipinski definition) is 1. The molecule has 1 amide bonds. The van der Waals surface area contributed by atoms with Crippen LogP contribution in [0, 0.1) is 0 Å². The number of nitrogens with one attached hydrogen (secondary N) is 1. The number of nitrogens with zero attached hydrogens (tertiary/aromatic N) is 1. The Hall–Kier alpha value is -2.01. The maximum Gasteiger partial charge on any atom is 0.227 e. The largest absolute Gasteiger partial charge is 0.497 e. The molecule has 0 saturated carbocycles. The van der Waals surface area contributed by atoms with Crippen molar-refractivity contribution < 1.29 is 14.3 Å². The second-order valence-corrected chi connectivity index (χ2v) is 4.90. The van der Waals surface area contributed by atoms with Crippen molar-refractivity contribution in [1.82, 2.24) is 9.88 Å². The van der Waals surface area contributed by atoms with E-state index < -0.39 is 0 Å². The predicted molar refractivity (Wildman–Crippen MR) is 76.0 cm³/mol. The fourth-order valence-electron chi connectivity index (χ4n) is 2.53. The highest BCUT2D eigenvalue weighted by atomic mass is 16.5. The zero-order chi connectivity index (χ0) is 13.9. The molecule has 1 aliphatic rings. The van der Waals surface area contributed by atoms with Crippen molar-refractivity contribution >= 4 is 16.8 Å². The van der Waals surface area contributed by atoms with E-state index in [0.717, 1.165) is 22.2 Å². The molecule has 20 heavy (non-hydrogen) atoms. The molecule has 1 fully saturated rings. The van der Waals surface area contributed by atoms with Crippen LogP contribution in [0.2, 0.25) is 0 Å². The van der Waals surface area contributed by atoms with Crippen LogP contribution in [-0.2, 0) is 16.0 Å². The topological polar surface area (TPSA) is 54.6 Å². The van der Waals surface area contributed by atoms with Gasteiger partial charge in [-0.1, -0.05) is 0 Å². The van der Waals surface area contributed by atoms with Gasteiger partial charge in [0.15, 0.2) is 0 Å². The number of methoxy groups -OCH3 is 1. The van der Waals surface area contributed by atoms with Gasteiger partial charge in [0.1, 0.15) is 5.75 Å². The quantitative estimate of drug-likeness (QED) is 0.924. The summed E-state index contributed by atoms with van der Waals surface area (Å²) in [4.78, 5) is 17.3. The van der Waals surface area contributed by atoms with Gasteiger partial charge in [0.25, 0.3) is 0 Å². The average molecular weight is 274 g/mol. The highest BCUT2D eigenvalue weighted by Gasteiger charge is 2.18. The minimum atomic E-state index is 0.157. The van der Waals surface area contributed by atoms with Gasteiger partial charge in [-0.15, -0.1) is 0 Å². The molecular formula is C15H18N2O3. The van der Waals surface area contributed by atoms with Gasteiger partial charge in [-0.3, -0.25) is 4.79 Å². The summed E-state index contributed by atoms with van der Waals surface area (Å²) in [6.45, 7) is 2.65. The summed E-state index contributed by atoms with van der Waals surface area (Å²) in [5.41, 5.74) is 2.02. The Morgan fingerprint density at radius 2 is 2.20 bits per heavy atom. The summed E-state index contributed by atoms with van der Waals surface area (Å²) in [6.07, 6.45) is 2.33. The number of amides is 1. The van der Waals surface area contributed by atoms with Crippen molar-refractivity contribution in [3.8, 4) is 5.75 Å². The summed E-state index contributed by atoms with van der Waals surface area (Å²) < 4.78 is 10.5. The third-order valence-electron chi connectivity index (χ3n) is 3.68. The van der Waals surface area contributed by atoms with E-state index in [1.807, 2.05) is 29.3 Å². The average Bonchev–Trinajstić information content (AvgIpc) is 2.90. The number of aromatic nitrogens is 1. The molecule has 1 saturated heterocycles. The van der Waals surface area contributed by atoms with E-state index in [1.54, 1.807) is 7.11 Å². The molecule has 1 aromatic carbocycles. The van der Waals surface area contributed by atoms with Gasteiger partial charge in [0.2, 0.25) is 5.91 Å². The summed E-state index contributed by atoms with van der Waals surface area (Å²) in [5, 5.41) is 1.08. The van der Waals surface area contributed by atoms with Crippen LogP contribution >= 0.6 is 0 Å². The van der Waals surface area contributed by atoms with Crippen molar-refractivity contribution in [3.63, 3.8) is 0 Å². The number of fused-ring (bicyclic) bond motifs is 1. The Morgan fingerprint density at radius 3 is 2.95 bits per heavy atom. The Bertz CT molecular complexity index is 615. The van der Waals surface area contributed by atoms with Crippen molar-refractivity contribution in [1.29, 1.82) is 0 Å². The molecule has 0 radical (unpaired) electrons. The number of hydrogen-bond acceptors (Lipinski definition) is 3. The smallest absolute Gasteiger partial charge is 0.227 e. The number of morpholine rings is 1. The first kappa shape index (κ1) is 13.0. The molecule has 1 aliphatic heterocycles. The molecule has 1 N–H and O–H groups in total. The van der Waals surface area contributed by atoms with Crippen LogP contribution in [0.1, 0.15) is 5.56 Å². The maximum absolute atomic E-state index is 12.3. The third kappa shape index (κ3) is 2.49. The molecule has 0 unspecified atom stereocenters. The van der Waals surface area contributed by atoms with Crippen molar-refractivity contribution in [2.45, 2.75) is 6.42 Å². The molecular weight excluding hydrogens is 256 g/mol. The second-order valence-electron chi connectivity index (χ2n) is 4.90. The lowest BCUT2D eigenvalue weighted by atomic mass is 10.1. The SMILES string of the molecule is COc1ccc2c(CC(=O)N3CCOCC3)c[nH]c2c1. The van der Waals surface area contributed by atoms with Crippen LogP contribution in [0.15, 0.2) is 24.4 Å². The molecule has 5 nitrogen and oxygen atoms in total. The fraction of sp³-hybridized carbons (Fsp3) is 0.400. The molecule has 0 atom stereocenters. The van der Waals surface area contributed by atoms with E-state index >= 15 is 0 Å². The van der Waals surface area contributed by atoms with Crippen LogP contribution in [0.3, 0.4) is 0 Å². The summed E-state index contributed by atoms with van der Waals surface area (Å²) in [6, 6.07) is 5.85. The Morgan fingerprint density at radius 1 is 1.40 bits per heavy atom. The molecule has 0 spiro atoms. The van der Waals surface area contributed by atoms with Crippen LogP contribution in [0.4, 0.5) is 0 Å². The first-order chi connectivity index (χ1) is 9.78. The van der Waals surface area contributed by atoms with E-state index in [0.29, 0.717) is 32.7 Å². The van der Waals surface area contributed by atoms with Gasteiger partial charge in [-0.25, -0.2) is 0 Å². The van der Waals surface area contributed by atoms with Gasteiger partial charge in [0.05, 0.1) is 26.7 Å². The summed E-state index contributed by atoms with van der Waals surface area (Å²) >= 11 is 0. The molecule has 106 valence electrons. The van der Waals surface area contributed by atoms with Crippen LogP contribution in [0.5, 0.6) is 5.75 Å². The second kappa shape index (κ2) is 5.54. The molecule has 2 aromatic rings. The van der Waals surface area contributed by atoms with E-state index in [9.17, 15) is 4.79 Å². The monoisotopic (exact) mass is 274 g/mol. The van der Waals surface area contributed by atoms with Gasteiger partial charge < -0.3 is 19.4 Å².